The molecule has 0 spiro atoms. The third-order valence-electron chi connectivity index (χ3n) is 3.07. The van der Waals surface area contributed by atoms with E-state index in [2.05, 4.69) is 10.6 Å². The summed E-state index contributed by atoms with van der Waals surface area (Å²) in [5.74, 6) is -2.90. The average molecular weight is 304 g/mol. The van der Waals surface area contributed by atoms with Crippen LogP contribution in [0.5, 0.6) is 0 Å². The number of hydrogen-bond donors (Lipinski definition) is 2. The highest BCUT2D eigenvalue weighted by atomic mass is 19.2. The largest absolute Gasteiger partial charge is 0.326 e. The van der Waals surface area contributed by atoms with Crippen molar-refractivity contribution in [1.82, 2.24) is 0 Å². The molecular formula is C16H14F2N2O2. The Kier molecular flexibility index (Phi) is 4.50. The standard InChI is InChI=1S/C16H14F2N2O2/c1-9-14(19-10(2)21)4-3-5-15(9)20-16(22)11-6-7-12(17)13(18)8-11/h3-8H,1-2H3,(H,19,21)(H,20,22). The highest BCUT2D eigenvalue weighted by molar-refractivity contribution is 6.05. The average Bonchev–Trinajstić information content (AvgIpc) is 2.45. The molecule has 22 heavy (non-hydrogen) atoms. The molecule has 4 nitrogen and oxygen atoms in total. The molecule has 0 atom stereocenters. The Morgan fingerprint density at radius 1 is 0.955 bits per heavy atom. The molecule has 0 aliphatic heterocycles. The van der Waals surface area contributed by atoms with E-state index in [1.165, 1.54) is 13.0 Å². The molecule has 114 valence electrons. The van der Waals surface area contributed by atoms with Gasteiger partial charge in [-0.05, 0) is 42.8 Å². The Bertz CT molecular complexity index is 745. The van der Waals surface area contributed by atoms with Crippen molar-refractivity contribution < 1.29 is 18.4 Å². The molecule has 0 radical (unpaired) electrons. The lowest BCUT2D eigenvalue weighted by molar-refractivity contribution is -0.114. The lowest BCUT2D eigenvalue weighted by Crippen LogP contribution is -2.14. The molecule has 0 fully saturated rings. The van der Waals surface area contributed by atoms with Gasteiger partial charge in [-0.15, -0.1) is 0 Å². The van der Waals surface area contributed by atoms with E-state index in [-0.39, 0.29) is 11.5 Å². The Hall–Kier alpha value is -2.76. The molecule has 0 aliphatic carbocycles. The van der Waals surface area contributed by atoms with Crippen LogP contribution in [0.25, 0.3) is 0 Å². The summed E-state index contributed by atoms with van der Waals surface area (Å²) in [5, 5.41) is 5.25. The molecule has 0 saturated heterocycles. The summed E-state index contributed by atoms with van der Waals surface area (Å²) in [6.07, 6.45) is 0. The van der Waals surface area contributed by atoms with Crippen LogP contribution in [-0.4, -0.2) is 11.8 Å². The van der Waals surface area contributed by atoms with Gasteiger partial charge in [-0.2, -0.15) is 0 Å². The van der Waals surface area contributed by atoms with Crippen LogP contribution in [0.4, 0.5) is 20.2 Å². The highest BCUT2D eigenvalue weighted by Crippen LogP contribution is 2.24. The van der Waals surface area contributed by atoms with Gasteiger partial charge in [0.1, 0.15) is 0 Å². The van der Waals surface area contributed by atoms with Crippen molar-refractivity contribution in [3.63, 3.8) is 0 Å². The molecular weight excluding hydrogens is 290 g/mol. The van der Waals surface area contributed by atoms with Crippen LogP contribution in [-0.2, 0) is 4.79 Å². The van der Waals surface area contributed by atoms with Gasteiger partial charge in [0.25, 0.3) is 5.91 Å². The van der Waals surface area contributed by atoms with Gasteiger partial charge < -0.3 is 10.6 Å². The zero-order valence-corrected chi connectivity index (χ0v) is 12.0. The third-order valence-corrected chi connectivity index (χ3v) is 3.07. The van der Waals surface area contributed by atoms with E-state index in [9.17, 15) is 18.4 Å². The number of anilines is 2. The van der Waals surface area contributed by atoms with E-state index in [1.807, 2.05) is 0 Å². The molecule has 0 aromatic heterocycles. The Morgan fingerprint density at radius 2 is 1.59 bits per heavy atom. The molecule has 2 aromatic carbocycles. The van der Waals surface area contributed by atoms with Crippen molar-refractivity contribution in [3.8, 4) is 0 Å². The molecule has 0 bridgehead atoms. The lowest BCUT2D eigenvalue weighted by Gasteiger charge is -2.12. The molecule has 2 amide bonds. The number of hydrogen-bond acceptors (Lipinski definition) is 2. The quantitative estimate of drug-likeness (QED) is 0.912. The van der Waals surface area contributed by atoms with E-state index in [0.29, 0.717) is 16.9 Å². The van der Waals surface area contributed by atoms with Crippen molar-refractivity contribution in [2.24, 2.45) is 0 Å². The first-order valence-electron chi connectivity index (χ1n) is 6.52. The SMILES string of the molecule is CC(=O)Nc1cccc(NC(=O)c2ccc(F)c(F)c2)c1C. The Balaban J connectivity index is 2.24. The molecule has 0 heterocycles. The minimum atomic E-state index is -1.09. The second-order valence-corrected chi connectivity index (χ2v) is 4.74. The van der Waals surface area contributed by atoms with Crippen LogP contribution < -0.4 is 10.6 Å². The predicted molar refractivity (Wildman–Crippen MR) is 79.8 cm³/mol. The maximum absolute atomic E-state index is 13.2. The fourth-order valence-electron chi connectivity index (χ4n) is 1.93. The van der Waals surface area contributed by atoms with Crippen molar-refractivity contribution in [2.45, 2.75) is 13.8 Å². The number of rotatable bonds is 3. The summed E-state index contributed by atoms with van der Waals surface area (Å²) < 4.78 is 26.0. The first-order valence-corrected chi connectivity index (χ1v) is 6.52. The number of amides is 2. The number of halogens is 2. The van der Waals surface area contributed by atoms with Gasteiger partial charge in [0, 0.05) is 23.9 Å². The lowest BCUT2D eigenvalue weighted by atomic mass is 10.1. The van der Waals surface area contributed by atoms with E-state index in [0.717, 1.165) is 12.1 Å². The van der Waals surface area contributed by atoms with Crippen LogP contribution in [0.3, 0.4) is 0 Å². The fourth-order valence-corrected chi connectivity index (χ4v) is 1.93. The van der Waals surface area contributed by atoms with E-state index in [4.69, 9.17) is 0 Å². The van der Waals surface area contributed by atoms with Crippen molar-refractivity contribution in [2.75, 3.05) is 10.6 Å². The van der Waals surface area contributed by atoms with Crippen molar-refractivity contribution >= 4 is 23.2 Å². The summed E-state index contributed by atoms with van der Waals surface area (Å²) in [6.45, 7) is 3.11. The maximum Gasteiger partial charge on any atom is 0.255 e. The second kappa shape index (κ2) is 6.34. The molecule has 2 aromatic rings. The predicted octanol–water partition coefficient (Wildman–Crippen LogP) is 3.48. The maximum atomic E-state index is 13.2. The number of carbonyl (C=O) groups excluding carboxylic acids is 2. The summed E-state index contributed by atoms with van der Waals surface area (Å²) in [4.78, 5) is 23.2. The molecule has 2 rings (SSSR count). The summed E-state index contributed by atoms with van der Waals surface area (Å²) in [6, 6.07) is 7.94. The minimum Gasteiger partial charge on any atom is -0.326 e. The van der Waals surface area contributed by atoms with Gasteiger partial charge in [0.2, 0.25) is 5.91 Å². The van der Waals surface area contributed by atoms with Crippen LogP contribution in [0, 0.1) is 18.6 Å². The highest BCUT2D eigenvalue weighted by Gasteiger charge is 2.12. The van der Waals surface area contributed by atoms with Crippen LogP contribution in [0.2, 0.25) is 0 Å². The van der Waals surface area contributed by atoms with Crippen LogP contribution in [0.1, 0.15) is 22.8 Å². The number of benzene rings is 2. The minimum absolute atomic E-state index is 0.00299. The Morgan fingerprint density at radius 3 is 2.18 bits per heavy atom. The van der Waals surface area contributed by atoms with Gasteiger partial charge in [0.05, 0.1) is 0 Å². The smallest absolute Gasteiger partial charge is 0.255 e. The van der Waals surface area contributed by atoms with Gasteiger partial charge in [-0.25, -0.2) is 8.78 Å². The van der Waals surface area contributed by atoms with E-state index in [1.54, 1.807) is 25.1 Å². The summed E-state index contributed by atoms with van der Waals surface area (Å²) in [7, 11) is 0. The zero-order valence-electron chi connectivity index (χ0n) is 12.0. The van der Waals surface area contributed by atoms with Crippen LogP contribution in [0.15, 0.2) is 36.4 Å². The first-order chi connectivity index (χ1) is 10.4. The second-order valence-electron chi connectivity index (χ2n) is 4.74. The molecule has 0 unspecified atom stereocenters. The monoisotopic (exact) mass is 304 g/mol. The summed E-state index contributed by atoms with van der Waals surface area (Å²) in [5.41, 5.74) is 1.70. The normalized spacial score (nSPS) is 10.2. The van der Waals surface area contributed by atoms with Gasteiger partial charge >= 0.3 is 0 Å². The molecule has 6 heteroatoms. The third kappa shape index (κ3) is 3.46. The topological polar surface area (TPSA) is 58.2 Å². The Labute approximate surface area is 126 Å². The number of nitrogens with one attached hydrogen (secondary N) is 2. The summed E-state index contributed by atoms with van der Waals surface area (Å²) >= 11 is 0. The van der Waals surface area contributed by atoms with Gasteiger partial charge in [-0.1, -0.05) is 6.07 Å². The van der Waals surface area contributed by atoms with E-state index < -0.39 is 17.5 Å². The molecule has 2 N–H and O–H groups in total. The van der Waals surface area contributed by atoms with Gasteiger partial charge in [-0.3, -0.25) is 9.59 Å². The first kappa shape index (κ1) is 15.6. The molecule has 0 saturated carbocycles. The van der Waals surface area contributed by atoms with E-state index >= 15 is 0 Å². The molecule has 0 aliphatic rings. The zero-order chi connectivity index (χ0) is 16.3. The van der Waals surface area contributed by atoms with Crippen molar-refractivity contribution in [3.05, 3.63) is 59.2 Å². The van der Waals surface area contributed by atoms with Crippen molar-refractivity contribution in [1.29, 1.82) is 0 Å². The van der Waals surface area contributed by atoms with Gasteiger partial charge in [0.15, 0.2) is 11.6 Å². The van der Waals surface area contributed by atoms with Crippen LogP contribution >= 0.6 is 0 Å². The number of carbonyl (C=O) groups is 2. The fraction of sp³-hybridized carbons (Fsp3) is 0.125.